The van der Waals surface area contributed by atoms with Gasteiger partial charge in [0.25, 0.3) is 0 Å². The Morgan fingerprint density at radius 1 is 1.00 bits per heavy atom. The maximum absolute atomic E-state index is 15.1. The highest BCUT2D eigenvalue weighted by Crippen LogP contribution is 2.31. The monoisotopic (exact) mass is 545 g/mol. The fraction of sp³-hybridized carbons (Fsp3) is 0.296. The van der Waals surface area contributed by atoms with Gasteiger partial charge in [-0.1, -0.05) is 48.6 Å². The van der Waals surface area contributed by atoms with Crippen LogP contribution in [0, 0.1) is 5.82 Å². The zero-order valence-electron chi connectivity index (χ0n) is 20.8. The van der Waals surface area contributed by atoms with Crippen LogP contribution in [0.3, 0.4) is 0 Å². The molecule has 0 spiro atoms. The lowest BCUT2D eigenvalue weighted by Gasteiger charge is -2.25. The Morgan fingerprint density at radius 3 is 2.28 bits per heavy atom. The normalized spacial score (nSPS) is 18.5. The summed E-state index contributed by atoms with van der Waals surface area (Å²) in [6.07, 6.45) is -2.15. The van der Waals surface area contributed by atoms with Gasteiger partial charge in [0.2, 0.25) is 0 Å². The first-order valence-corrected chi connectivity index (χ1v) is 12.2. The first kappa shape index (κ1) is 26.7. The molecule has 0 bridgehead atoms. The highest BCUT2D eigenvalue weighted by Gasteiger charge is 2.42. The second-order valence-corrected chi connectivity index (χ2v) is 9.23. The first-order chi connectivity index (χ1) is 18.6. The van der Waals surface area contributed by atoms with Crippen LogP contribution < -0.4 is 5.32 Å². The lowest BCUT2D eigenvalue weighted by Crippen LogP contribution is -2.37. The maximum atomic E-state index is 15.1. The van der Waals surface area contributed by atoms with Crippen LogP contribution in [0.1, 0.15) is 24.0 Å². The standard InChI is InChI=1S/C27H24F5N5O2/c1-36-24(18-4-2-16(3-5-18)19-8-11-33-23(29)15-19)34-35-25(36)20-6-7-21(22(28)14-20)17-9-12-37(13-10-17)39-26(38)27(30,31)32/h2-9,14,23,33H,10-13,15H2,1H3. The van der Waals surface area contributed by atoms with E-state index in [-0.39, 0.29) is 19.5 Å². The molecule has 0 aliphatic carbocycles. The second-order valence-electron chi connectivity index (χ2n) is 9.23. The molecule has 7 nitrogen and oxygen atoms in total. The van der Waals surface area contributed by atoms with Gasteiger partial charge in [0.1, 0.15) is 5.82 Å². The number of benzene rings is 2. The Kier molecular flexibility index (Phi) is 7.32. The van der Waals surface area contributed by atoms with Gasteiger partial charge in [-0.15, -0.1) is 15.3 Å². The molecule has 3 heterocycles. The Bertz CT molecular complexity index is 1450. The number of nitrogens with zero attached hydrogens (tertiary/aromatic N) is 4. The number of alkyl halides is 4. The summed E-state index contributed by atoms with van der Waals surface area (Å²) in [6.45, 7) is 0.391. The highest BCUT2D eigenvalue weighted by atomic mass is 19.4. The smallest absolute Gasteiger partial charge is 0.360 e. The van der Waals surface area contributed by atoms with Gasteiger partial charge in [0.05, 0.1) is 6.54 Å². The van der Waals surface area contributed by atoms with E-state index in [4.69, 9.17) is 0 Å². The molecular formula is C27H24F5N5O2. The molecule has 0 fully saturated rings. The summed E-state index contributed by atoms with van der Waals surface area (Å²) in [6, 6.07) is 12.2. The molecule has 0 saturated heterocycles. The van der Waals surface area contributed by atoms with Crippen molar-refractivity contribution in [2.75, 3.05) is 19.6 Å². The summed E-state index contributed by atoms with van der Waals surface area (Å²) in [7, 11) is 1.77. The van der Waals surface area contributed by atoms with E-state index in [2.05, 4.69) is 20.4 Å². The molecule has 2 aliphatic rings. The molecule has 0 saturated carbocycles. The number of hydrogen-bond acceptors (Lipinski definition) is 6. The average molecular weight is 546 g/mol. The molecular weight excluding hydrogens is 521 g/mol. The zero-order chi connectivity index (χ0) is 27.7. The minimum absolute atomic E-state index is 0.00279. The van der Waals surface area contributed by atoms with E-state index >= 15 is 4.39 Å². The van der Waals surface area contributed by atoms with Gasteiger partial charge < -0.3 is 9.40 Å². The van der Waals surface area contributed by atoms with Crippen molar-refractivity contribution in [1.29, 1.82) is 0 Å². The van der Waals surface area contributed by atoms with Crippen LogP contribution in [-0.2, 0) is 16.7 Å². The minimum atomic E-state index is -5.08. The topological polar surface area (TPSA) is 72.3 Å². The molecule has 1 atom stereocenters. The van der Waals surface area contributed by atoms with Crippen molar-refractivity contribution in [2.45, 2.75) is 25.3 Å². The van der Waals surface area contributed by atoms with Gasteiger partial charge in [0.15, 0.2) is 17.9 Å². The van der Waals surface area contributed by atoms with Crippen LogP contribution in [-0.4, -0.2) is 57.9 Å². The lowest BCUT2D eigenvalue weighted by atomic mass is 9.98. The van der Waals surface area contributed by atoms with Gasteiger partial charge in [-0.2, -0.15) is 13.2 Å². The molecule has 1 N–H and O–H groups in total. The van der Waals surface area contributed by atoms with Crippen molar-refractivity contribution in [2.24, 2.45) is 7.05 Å². The van der Waals surface area contributed by atoms with Gasteiger partial charge in [-0.05, 0) is 29.2 Å². The van der Waals surface area contributed by atoms with Crippen LogP contribution >= 0.6 is 0 Å². The molecule has 1 aromatic heterocycles. The lowest BCUT2D eigenvalue weighted by molar-refractivity contribution is -0.237. The Balaban J connectivity index is 1.30. The zero-order valence-corrected chi connectivity index (χ0v) is 20.8. The molecule has 12 heteroatoms. The van der Waals surface area contributed by atoms with Gasteiger partial charge in [0, 0.05) is 43.2 Å². The third kappa shape index (κ3) is 5.76. The molecule has 0 radical (unpaired) electrons. The van der Waals surface area contributed by atoms with Crippen LogP contribution in [0.15, 0.2) is 54.6 Å². The first-order valence-electron chi connectivity index (χ1n) is 12.2. The molecule has 1 unspecified atom stereocenters. The molecule has 5 rings (SSSR count). The van der Waals surface area contributed by atoms with Crippen LogP contribution in [0.25, 0.3) is 33.9 Å². The second kappa shape index (κ2) is 10.7. The quantitative estimate of drug-likeness (QED) is 0.357. The van der Waals surface area contributed by atoms with E-state index in [9.17, 15) is 22.4 Å². The van der Waals surface area contributed by atoms with E-state index in [1.807, 2.05) is 30.3 Å². The molecule has 2 aromatic carbocycles. The number of carbonyl (C=O) groups is 1. The van der Waals surface area contributed by atoms with Crippen LogP contribution in [0.5, 0.6) is 0 Å². The van der Waals surface area contributed by atoms with Crippen molar-refractivity contribution < 1.29 is 31.6 Å². The fourth-order valence-electron chi connectivity index (χ4n) is 4.62. The highest BCUT2D eigenvalue weighted by molar-refractivity contribution is 5.75. The molecule has 3 aromatic rings. The number of hydrogen-bond donors (Lipinski definition) is 1. The van der Waals surface area contributed by atoms with E-state index < -0.39 is 24.3 Å². The van der Waals surface area contributed by atoms with E-state index in [1.165, 1.54) is 12.1 Å². The molecule has 39 heavy (non-hydrogen) atoms. The van der Waals surface area contributed by atoms with Crippen LogP contribution in [0.2, 0.25) is 0 Å². The number of halogens is 5. The summed E-state index contributed by atoms with van der Waals surface area (Å²) in [4.78, 5) is 15.4. The van der Waals surface area contributed by atoms with Crippen molar-refractivity contribution in [3.8, 4) is 22.8 Å². The average Bonchev–Trinajstić information content (AvgIpc) is 3.30. The van der Waals surface area contributed by atoms with E-state index in [0.717, 1.165) is 21.8 Å². The predicted molar refractivity (Wildman–Crippen MR) is 134 cm³/mol. The summed E-state index contributed by atoms with van der Waals surface area (Å²) >= 11 is 0. The summed E-state index contributed by atoms with van der Waals surface area (Å²) < 4.78 is 67.8. The van der Waals surface area contributed by atoms with Gasteiger partial charge in [-0.3, -0.25) is 5.32 Å². The van der Waals surface area contributed by atoms with Gasteiger partial charge in [-0.25, -0.2) is 13.6 Å². The summed E-state index contributed by atoms with van der Waals surface area (Å²) in [5.41, 5.74) is 4.07. The molecule has 2 aliphatic heterocycles. The SMILES string of the molecule is Cn1c(-c2ccc(C3=CCNC(F)C3)cc2)nnc1-c1ccc(C2=CCN(OC(=O)C(F)(F)F)CC2)c(F)c1. The Hall–Kier alpha value is -3.90. The fourth-order valence-corrected chi connectivity index (χ4v) is 4.62. The molecule has 0 amide bonds. The van der Waals surface area contributed by atoms with E-state index in [1.54, 1.807) is 23.7 Å². The minimum Gasteiger partial charge on any atom is -0.360 e. The molecule has 204 valence electrons. The van der Waals surface area contributed by atoms with Crippen molar-refractivity contribution in [1.82, 2.24) is 25.1 Å². The maximum Gasteiger partial charge on any atom is 0.492 e. The predicted octanol–water partition coefficient (Wildman–Crippen LogP) is 5.07. The van der Waals surface area contributed by atoms with Crippen molar-refractivity contribution in [3.63, 3.8) is 0 Å². The Labute approximate surface area is 220 Å². The largest absolute Gasteiger partial charge is 0.492 e. The van der Waals surface area contributed by atoms with Gasteiger partial charge >= 0.3 is 12.1 Å². The number of rotatable bonds is 5. The number of hydroxylamine groups is 2. The third-order valence-electron chi connectivity index (χ3n) is 6.66. The van der Waals surface area contributed by atoms with Crippen molar-refractivity contribution >= 4 is 17.1 Å². The van der Waals surface area contributed by atoms with Crippen molar-refractivity contribution in [3.05, 3.63) is 71.6 Å². The number of aromatic nitrogens is 3. The summed E-state index contributed by atoms with van der Waals surface area (Å²) in [5, 5.41) is 12.1. The Morgan fingerprint density at radius 2 is 1.67 bits per heavy atom. The summed E-state index contributed by atoms with van der Waals surface area (Å²) in [5.74, 6) is -1.78. The number of carbonyl (C=O) groups excluding carboxylic acids is 1. The van der Waals surface area contributed by atoms with Crippen LogP contribution in [0.4, 0.5) is 22.0 Å². The number of nitrogens with one attached hydrogen (secondary N) is 1. The third-order valence-corrected chi connectivity index (χ3v) is 6.66. The van der Waals surface area contributed by atoms with E-state index in [0.29, 0.717) is 41.3 Å².